The second-order valence-electron chi connectivity index (χ2n) is 4.24. The number of hydrogen-bond donors (Lipinski definition) is 3. The summed E-state index contributed by atoms with van der Waals surface area (Å²) in [5.41, 5.74) is 1.35. The molecule has 7 heteroatoms. The second kappa shape index (κ2) is 4.29. The highest BCUT2D eigenvalue weighted by Gasteiger charge is 2.44. The van der Waals surface area contributed by atoms with Crippen LogP contribution in [-0.4, -0.2) is 55.2 Å². The summed E-state index contributed by atoms with van der Waals surface area (Å²) in [6.07, 6.45) is -4.01. The molecule has 1 aliphatic rings. The molecule has 3 rings (SSSR count). The first-order valence-corrected chi connectivity index (χ1v) is 5.65. The molecule has 0 amide bonds. The quantitative estimate of drug-likeness (QED) is 0.635. The van der Waals surface area contributed by atoms with E-state index >= 15 is 0 Å². The molecule has 96 valence electrons. The number of nitrogens with zero attached hydrogens (tertiary/aromatic N) is 3. The van der Waals surface area contributed by atoms with Crippen molar-refractivity contribution in [3.8, 4) is 0 Å². The summed E-state index contributed by atoms with van der Waals surface area (Å²) in [4.78, 5) is 1.23. The Morgan fingerprint density at radius 2 is 1.72 bits per heavy atom. The molecular weight excluding hydrogens is 238 g/mol. The van der Waals surface area contributed by atoms with Crippen molar-refractivity contribution in [1.29, 1.82) is 0 Å². The van der Waals surface area contributed by atoms with Crippen LogP contribution in [0.5, 0.6) is 0 Å². The highest BCUT2D eigenvalue weighted by atomic mass is 16.6. The van der Waals surface area contributed by atoms with Gasteiger partial charge in [0, 0.05) is 0 Å². The van der Waals surface area contributed by atoms with Crippen LogP contribution < -0.4 is 0 Å². The first-order chi connectivity index (χ1) is 8.70. The third-order valence-corrected chi connectivity index (χ3v) is 3.05. The van der Waals surface area contributed by atoms with Crippen molar-refractivity contribution in [2.45, 2.75) is 24.5 Å². The Hall–Kier alpha value is -1.54. The van der Waals surface area contributed by atoms with Crippen molar-refractivity contribution in [1.82, 2.24) is 15.0 Å². The summed E-state index contributed by atoms with van der Waals surface area (Å²) < 4.78 is 5.34. The van der Waals surface area contributed by atoms with Crippen molar-refractivity contribution >= 4 is 11.0 Å². The van der Waals surface area contributed by atoms with Crippen molar-refractivity contribution in [3.05, 3.63) is 24.3 Å². The van der Waals surface area contributed by atoms with Crippen LogP contribution in [0.4, 0.5) is 0 Å². The fourth-order valence-electron chi connectivity index (χ4n) is 2.06. The van der Waals surface area contributed by atoms with Crippen molar-refractivity contribution < 1.29 is 20.1 Å². The Bertz CT molecular complexity index is 525. The molecule has 0 bridgehead atoms. The number of fused-ring (bicyclic) bond motifs is 1. The smallest absolute Gasteiger partial charge is 0.198 e. The predicted octanol–water partition coefficient (Wildman–Crippen LogP) is -0.957. The number of ether oxygens (including phenoxy) is 1. The van der Waals surface area contributed by atoms with E-state index in [1.54, 1.807) is 12.1 Å². The van der Waals surface area contributed by atoms with E-state index in [2.05, 4.69) is 10.2 Å². The molecule has 1 aromatic heterocycles. The summed E-state index contributed by atoms with van der Waals surface area (Å²) in [5, 5.41) is 36.9. The summed E-state index contributed by atoms with van der Waals surface area (Å²) in [7, 11) is 0. The van der Waals surface area contributed by atoms with Gasteiger partial charge in [-0.05, 0) is 12.1 Å². The molecule has 2 aromatic rings. The summed E-state index contributed by atoms with van der Waals surface area (Å²) in [6.45, 7) is -0.366. The Morgan fingerprint density at radius 1 is 1.11 bits per heavy atom. The molecule has 0 saturated carbocycles. The van der Waals surface area contributed by atoms with E-state index in [9.17, 15) is 10.2 Å². The lowest BCUT2D eigenvalue weighted by molar-refractivity contribution is -0.0650. The highest BCUT2D eigenvalue weighted by Crippen LogP contribution is 2.28. The van der Waals surface area contributed by atoms with E-state index in [0.29, 0.717) is 11.0 Å². The maximum absolute atomic E-state index is 9.85. The molecule has 18 heavy (non-hydrogen) atoms. The van der Waals surface area contributed by atoms with Gasteiger partial charge in [0.25, 0.3) is 0 Å². The van der Waals surface area contributed by atoms with Crippen LogP contribution in [0.3, 0.4) is 0 Å². The Morgan fingerprint density at radius 3 is 2.22 bits per heavy atom. The van der Waals surface area contributed by atoms with Gasteiger partial charge in [0.2, 0.25) is 0 Å². The lowest BCUT2D eigenvalue weighted by atomic mass is 10.1. The molecule has 1 saturated heterocycles. The van der Waals surface area contributed by atoms with Gasteiger partial charge in [0.15, 0.2) is 6.23 Å². The number of hydrogen-bond acceptors (Lipinski definition) is 6. The molecule has 1 fully saturated rings. The average Bonchev–Trinajstić information content (AvgIpc) is 2.92. The van der Waals surface area contributed by atoms with Crippen LogP contribution in [0.2, 0.25) is 0 Å². The molecule has 0 unspecified atom stereocenters. The fraction of sp³-hybridized carbons (Fsp3) is 0.455. The molecule has 2 heterocycles. The molecule has 0 aliphatic carbocycles. The third-order valence-electron chi connectivity index (χ3n) is 3.05. The Kier molecular flexibility index (Phi) is 2.75. The standard InChI is InChI=1S/C11H13N3O4/c15-5-8-9(16)10(17)11(18-8)14-12-6-3-1-2-4-7(6)13-14/h1-4,8-11,15-17H,5H2/t8-,9-,10-,11-/m1/s1. The van der Waals surface area contributed by atoms with Gasteiger partial charge in [-0.1, -0.05) is 12.1 Å². The number of benzene rings is 1. The van der Waals surface area contributed by atoms with E-state index < -0.39 is 24.5 Å². The number of rotatable bonds is 2. The SMILES string of the molecule is OC[C@H]1O[C@@H](n2nc3ccccc3n2)[C@H](O)[C@@H]1O. The number of aliphatic hydroxyl groups is 3. The molecule has 1 aliphatic heterocycles. The first-order valence-electron chi connectivity index (χ1n) is 5.65. The molecular formula is C11H13N3O4. The van der Waals surface area contributed by atoms with Crippen LogP contribution in [0, 0.1) is 0 Å². The topological polar surface area (TPSA) is 101 Å². The second-order valence-corrected chi connectivity index (χ2v) is 4.24. The van der Waals surface area contributed by atoms with E-state index in [1.807, 2.05) is 12.1 Å². The van der Waals surface area contributed by atoms with Gasteiger partial charge in [-0.2, -0.15) is 15.0 Å². The molecule has 0 spiro atoms. The summed E-state index contributed by atoms with van der Waals surface area (Å²) in [5.74, 6) is 0. The van der Waals surface area contributed by atoms with E-state index in [0.717, 1.165) is 0 Å². The Balaban J connectivity index is 1.95. The molecule has 4 atom stereocenters. The van der Waals surface area contributed by atoms with Crippen LogP contribution >= 0.6 is 0 Å². The fourth-order valence-corrected chi connectivity index (χ4v) is 2.06. The van der Waals surface area contributed by atoms with Crippen LogP contribution in [0.15, 0.2) is 24.3 Å². The maximum Gasteiger partial charge on any atom is 0.198 e. The molecule has 3 N–H and O–H groups in total. The zero-order valence-electron chi connectivity index (χ0n) is 9.42. The normalized spacial score (nSPS) is 32.2. The lowest BCUT2D eigenvalue weighted by Gasteiger charge is -2.12. The van der Waals surface area contributed by atoms with Gasteiger partial charge in [0.1, 0.15) is 29.3 Å². The van der Waals surface area contributed by atoms with Crippen molar-refractivity contribution in [3.63, 3.8) is 0 Å². The van der Waals surface area contributed by atoms with Gasteiger partial charge in [0.05, 0.1) is 6.61 Å². The zero-order valence-corrected chi connectivity index (χ0v) is 9.42. The Labute approximate surface area is 102 Å². The largest absolute Gasteiger partial charge is 0.394 e. The van der Waals surface area contributed by atoms with Crippen LogP contribution in [0.1, 0.15) is 6.23 Å². The number of aliphatic hydroxyl groups excluding tert-OH is 3. The van der Waals surface area contributed by atoms with Gasteiger partial charge >= 0.3 is 0 Å². The minimum absolute atomic E-state index is 0.366. The van der Waals surface area contributed by atoms with E-state index in [1.165, 1.54) is 4.80 Å². The third kappa shape index (κ3) is 1.68. The molecule has 0 radical (unpaired) electrons. The molecule has 1 aromatic carbocycles. The monoisotopic (exact) mass is 251 g/mol. The van der Waals surface area contributed by atoms with Crippen molar-refractivity contribution in [2.24, 2.45) is 0 Å². The van der Waals surface area contributed by atoms with E-state index in [4.69, 9.17) is 9.84 Å². The van der Waals surface area contributed by atoms with Gasteiger partial charge in [-0.25, -0.2) is 0 Å². The number of aromatic nitrogens is 3. The van der Waals surface area contributed by atoms with Crippen molar-refractivity contribution in [2.75, 3.05) is 6.61 Å². The van der Waals surface area contributed by atoms with Gasteiger partial charge in [-0.15, -0.1) is 0 Å². The predicted molar refractivity (Wildman–Crippen MR) is 60.5 cm³/mol. The zero-order chi connectivity index (χ0) is 12.7. The first kappa shape index (κ1) is 11.5. The van der Waals surface area contributed by atoms with Gasteiger partial charge in [-0.3, -0.25) is 0 Å². The summed E-state index contributed by atoms with van der Waals surface area (Å²) in [6, 6.07) is 7.25. The molecule has 7 nitrogen and oxygen atoms in total. The highest BCUT2D eigenvalue weighted by molar-refractivity contribution is 5.72. The van der Waals surface area contributed by atoms with E-state index in [-0.39, 0.29) is 6.61 Å². The average molecular weight is 251 g/mol. The van der Waals surface area contributed by atoms with Crippen LogP contribution in [-0.2, 0) is 4.74 Å². The lowest BCUT2D eigenvalue weighted by Crippen LogP contribution is -2.33. The minimum Gasteiger partial charge on any atom is -0.394 e. The summed E-state index contributed by atoms with van der Waals surface area (Å²) >= 11 is 0. The minimum atomic E-state index is -1.16. The maximum atomic E-state index is 9.85. The van der Waals surface area contributed by atoms with Crippen LogP contribution in [0.25, 0.3) is 11.0 Å². The van der Waals surface area contributed by atoms with Gasteiger partial charge < -0.3 is 20.1 Å².